The van der Waals surface area contributed by atoms with Crippen LogP contribution in [0.4, 0.5) is 11.4 Å². The minimum absolute atomic E-state index is 0.0708. The smallest absolute Gasteiger partial charge is 0.273 e. The predicted molar refractivity (Wildman–Crippen MR) is 82.9 cm³/mol. The molecule has 0 radical (unpaired) electrons. The number of nitrogens with zero attached hydrogens (tertiary/aromatic N) is 2. The second-order valence-corrected chi connectivity index (χ2v) is 4.90. The molecule has 0 atom stereocenters. The molecule has 0 bridgehead atoms. The second kappa shape index (κ2) is 6.35. The second-order valence-electron chi connectivity index (χ2n) is 4.90. The Morgan fingerprint density at radius 3 is 2.74 bits per heavy atom. The Kier molecular flexibility index (Phi) is 4.09. The van der Waals surface area contributed by atoms with Gasteiger partial charge in [0.15, 0.2) is 12.4 Å². The third-order valence-corrected chi connectivity index (χ3v) is 3.42. The van der Waals surface area contributed by atoms with Crippen LogP contribution in [0.15, 0.2) is 48.5 Å². The topological polar surface area (TPSA) is 81.9 Å². The summed E-state index contributed by atoms with van der Waals surface area (Å²) in [5.74, 6) is 0.846. The van der Waals surface area contributed by atoms with Crippen LogP contribution in [0, 0.1) is 10.1 Å². The van der Waals surface area contributed by atoms with Gasteiger partial charge in [-0.3, -0.25) is 14.9 Å². The van der Waals surface area contributed by atoms with Gasteiger partial charge >= 0.3 is 0 Å². The molecule has 0 unspecified atom stereocenters. The van der Waals surface area contributed by atoms with Gasteiger partial charge in [0.05, 0.1) is 23.2 Å². The van der Waals surface area contributed by atoms with Crippen molar-refractivity contribution in [3.63, 3.8) is 0 Å². The number of nitro benzene ring substituents is 1. The van der Waals surface area contributed by atoms with Crippen LogP contribution in [0.25, 0.3) is 0 Å². The molecule has 0 spiro atoms. The first-order valence-corrected chi connectivity index (χ1v) is 7.04. The van der Waals surface area contributed by atoms with Crippen LogP contribution in [0.1, 0.15) is 0 Å². The van der Waals surface area contributed by atoms with Gasteiger partial charge in [-0.25, -0.2) is 0 Å². The minimum Gasteiger partial charge on any atom is -0.492 e. The Morgan fingerprint density at radius 1 is 1.22 bits per heavy atom. The number of amides is 1. The summed E-state index contributed by atoms with van der Waals surface area (Å²) in [4.78, 5) is 23.9. The van der Waals surface area contributed by atoms with Crippen LogP contribution in [0.2, 0.25) is 0 Å². The van der Waals surface area contributed by atoms with Crippen LogP contribution in [0.5, 0.6) is 11.5 Å². The largest absolute Gasteiger partial charge is 0.492 e. The number of rotatable bonds is 5. The zero-order valence-electron chi connectivity index (χ0n) is 12.2. The first kappa shape index (κ1) is 14.8. The Hall–Kier alpha value is -3.09. The summed E-state index contributed by atoms with van der Waals surface area (Å²) in [6.07, 6.45) is 0. The molecule has 1 aliphatic heterocycles. The van der Waals surface area contributed by atoms with Gasteiger partial charge in [0.2, 0.25) is 0 Å². The van der Waals surface area contributed by atoms with Gasteiger partial charge in [0, 0.05) is 6.07 Å². The lowest BCUT2D eigenvalue weighted by atomic mass is 10.2. The van der Waals surface area contributed by atoms with Crippen molar-refractivity contribution in [2.24, 2.45) is 0 Å². The van der Waals surface area contributed by atoms with Gasteiger partial charge in [-0.2, -0.15) is 0 Å². The SMILES string of the molecule is O=C1COc2cc([N+](=O)[O-])ccc2N1CCOc1ccccc1. The number of carbonyl (C=O) groups excluding carboxylic acids is 1. The molecule has 7 heteroatoms. The van der Waals surface area contributed by atoms with E-state index in [4.69, 9.17) is 9.47 Å². The molecule has 0 N–H and O–H groups in total. The molecular formula is C16H14N2O5. The van der Waals surface area contributed by atoms with Crippen LogP contribution >= 0.6 is 0 Å². The molecule has 2 aromatic rings. The molecule has 0 fully saturated rings. The van der Waals surface area contributed by atoms with Gasteiger partial charge in [-0.15, -0.1) is 0 Å². The van der Waals surface area contributed by atoms with Crippen molar-refractivity contribution in [1.82, 2.24) is 0 Å². The van der Waals surface area contributed by atoms with E-state index in [0.29, 0.717) is 24.6 Å². The summed E-state index contributed by atoms with van der Waals surface area (Å²) in [5, 5.41) is 10.8. The van der Waals surface area contributed by atoms with Gasteiger partial charge < -0.3 is 14.4 Å². The van der Waals surface area contributed by atoms with E-state index in [-0.39, 0.29) is 18.2 Å². The molecule has 0 aromatic heterocycles. The third kappa shape index (κ3) is 3.23. The molecule has 1 amide bonds. The van der Waals surface area contributed by atoms with Crippen LogP contribution < -0.4 is 14.4 Å². The van der Waals surface area contributed by atoms with E-state index >= 15 is 0 Å². The fourth-order valence-corrected chi connectivity index (χ4v) is 2.32. The number of fused-ring (bicyclic) bond motifs is 1. The van der Waals surface area contributed by atoms with E-state index in [0.717, 1.165) is 5.75 Å². The Bertz CT molecular complexity index is 733. The summed E-state index contributed by atoms with van der Waals surface area (Å²) in [5.41, 5.74) is 0.446. The summed E-state index contributed by atoms with van der Waals surface area (Å²) in [7, 11) is 0. The average molecular weight is 314 g/mol. The maximum absolute atomic E-state index is 12.0. The average Bonchev–Trinajstić information content (AvgIpc) is 2.57. The normalized spacial score (nSPS) is 13.2. The standard InChI is InChI=1S/C16H14N2O5/c19-16-11-23-15-10-12(18(20)21)6-7-14(15)17(16)8-9-22-13-4-2-1-3-5-13/h1-7,10H,8-9,11H2. The minimum atomic E-state index is -0.497. The lowest BCUT2D eigenvalue weighted by molar-refractivity contribution is -0.384. The maximum atomic E-state index is 12.0. The summed E-state index contributed by atoms with van der Waals surface area (Å²) < 4.78 is 10.9. The Labute approximate surface area is 132 Å². The highest BCUT2D eigenvalue weighted by molar-refractivity contribution is 5.98. The van der Waals surface area contributed by atoms with E-state index in [9.17, 15) is 14.9 Å². The first-order chi connectivity index (χ1) is 11.1. The lowest BCUT2D eigenvalue weighted by Crippen LogP contribution is -2.41. The summed E-state index contributed by atoms with van der Waals surface area (Å²) >= 11 is 0. The van der Waals surface area contributed by atoms with Crippen molar-refractivity contribution in [3.05, 3.63) is 58.6 Å². The van der Waals surface area contributed by atoms with E-state index in [1.807, 2.05) is 30.3 Å². The van der Waals surface area contributed by atoms with Crippen LogP contribution in [-0.2, 0) is 4.79 Å². The number of anilines is 1. The molecule has 1 heterocycles. The van der Waals surface area contributed by atoms with Gasteiger partial charge in [-0.05, 0) is 18.2 Å². The molecular weight excluding hydrogens is 300 g/mol. The molecule has 7 nitrogen and oxygen atoms in total. The highest BCUT2D eigenvalue weighted by Gasteiger charge is 2.27. The van der Waals surface area contributed by atoms with Crippen molar-refractivity contribution in [1.29, 1.82) is 0 Å². The lowest BCUT2D eigenvalue weighted by Gasteiger charge is -2.29. The van der Waals surface area contributed by atoms with Gasteiger partial charge in [0.25, 0.3) is 11.6 Å². The van der Waals surface area contributed by atoms with E-state index in [1.54, 1.807) is 0 Å². The molecule has 1 aliphatic rings. The molecule has 2 aromatic carbocycles. The van der Waals surface area contributed by atoms with E-state index in [2.05, 4.69) is 0 Å². The molecule has 0 saturated heterocycles. The van der Waals surface area contributed by atoms with Gasteiger partial charge in [-0.1, -0.05) is 18.2 Å². The van der Waals surface area contributed by atoms with Crippen LogP contribution in [0.3, 0.4) is 0 Å². The number of nitro groups is 1. The molecule has 3 rings (SSSR count). The number of hydrogen-bond acceptors (Lipinski definition) is 5. The highest BCUT2D eigenvalue weighted by atomic mass is 16.6. The fourth-order valence-electron chi connectivity index (χ4n) is 2.32. The highest BCUT2D eigenvalue weighted by Crippen LogP contribution is 2.35. The Balaban J connectivity index is 1.72. The number of para-hydroxylation sites is 1. The maximum Gasteiger partial charge on any atom is 0.273 e. The van der Waals surface area contributed by atoms with Gasteiger partial charge in [0.1, 0.15) is 12.4 Å². The van der Waals surface area contributed by atoms with Crippen molar-refractivity contribution in [2.45, 2.75) is 0 Å². The van der Waals surface area contributed by atoms with E-state index in [1.165, 1.54) is 23.1 Å². The number of carbonyl (C=O) groups is 1. The Morgan fingerprint density at radius 2 is 2.00 bits per heavy atom. The van der Waals surface area contributed by atoms with Crippen LogP contribution in [-0.4, -0.2) is 30.6 Å². The van der Waals surface area contributed by atoms with Crippen molar-refractivity contribution >= 4 is 17.3 Å². The molecule has 0 saturated carbocycles. The zero-order chi connectivity index (χ0) is 16.2. The predicted octanol–water partition coefficient (Wildman–Crippen LogP) is 2.40. The zero-order valence-corrected chi connectivity index (χ0v) is 12.2. The van der Waals surface area contributed by atoms with E-state index < -0.39 is 4.92 Å². The summed E-state index contributed by atoms with van der Waals surface area (Å²) in [6.45, 7) is 0.508. The molecule has 118 valence electrons. The first-order valence-electron chi connectivity index (χ1n) is 7.04. The van der Waals surface area contributed by atoms with Crippen molar-refractivity contribution < 1.29 is 19.2 Å². The fraction of sp³-hybridized carbons (Fsp3) is 0.188. The van der Waals surface area contributed by atoms with Crippen molar-refractivity contribution in [2.75, 3.05) is 24.7 Å². The molecule has 23 heavy (non-hydrogen) atoms. The number of ether oxygens (including phenoxy) is 2. The number of benzene rings is 2. The molecule has 0 aliphatic carbocycles. The van der Waals surface area contributed by atoms with Crippen molar-refractivity contribution in [3.8, 4) is 11.5 Å². The number of hydrogen-bond donors (Lipinski definition) is 0. The number of non-ortho nitro benzene ring substituents is 1. The third-order valence-electron chi connectivity index (χ3n) is 3.42. The quantitative estimate of drug-likeness (QED) is 0.625. The summed E-state index contributed by atoms with van der Waals surface area (Å²) in [6, 6.07) is 13.5. The monoisotopic (exact) mass is 314 g/mol.